The van der Waals surface area contributed by atoms with Crippen molar-refractivity contribution < 1.29 is 0 Å². The lowest BCUT2D eigenvalue weighted by molar-refractivity contribution is 0.867. The molecule has 1 heteroatoms. The molecule has 25 heavy (non-hydrogen) atoms. The fourth-order valence-corrected chi connectivity index (χ4v) is 3.20. The average Bonchev–Trinajstić information content (AvgIpc) is 2.61. The molecular formula is C24H23N. The Kier molecular flexibility index (Phi) is 5.00. The minimum atomic E-state index is 0.528. The lowest BCUT2D eigenvalue weighted by Gasteiger charge is -2.12. The van der Waals surface area contributed by atoms with Crippen LogP contribution in [0.15, 0.2) is 54.7 Å². The molecule has 0 fully saturated rings. The molecule has 0 spiro atoms. The number of nitrogens with zero attached hydrogens (tertiary/aromatic N) is 1. The monoisotopic (exact) mass is 325 g/mol. The molecule has 1 heterocycles. The molecule has 0 saturated heterocycles. The Morgan fingerprint density at radius 1 is 1.16 bits per heavy atom. The Morgan fingerprint density at radius 3 is 2.72 bits per heavy atom. The molecule has 0 aliphatic rings. The van der Waals surface area contributed by atoms with E-state index in [0.717, 1.165) is 23.2 Å². The van der Waals surface area contributed by atoms with E-state index in [1.807, 2.05) is 30.5 Å². The Bertz CT molecular complexity index is 971. The first-order valence-electron chi connectivity index (χ1n) is 8.70. The van der Waals surface area contributed by atoms with Crippen molar-refractivity contribution in [2.24, 2.45) is 0 Å². The van der Waals surface area contributed by atoms with Gasteiger partial charge in [-0.2, -0.15) is 0 Å². The van der Waals surface area contributed by atoms with Crippen molar-refractivity contribution in [3.8, 4) is 12.3 Å². The van der Waals surface area contributed by atoms with E-state index in [2.05, 4.69) is 62.0 Å². The molecule has 0 radical (unpaired) electrons. The summed E-state index contributed by atoms with van der Waals surface area (Å²) in [6.45, 7) is 6.64. The van der Waals surface area contributed by atoms with Gasteiger partial charge in [0, 0.05) is 23.6 Å². The van der Waals surface area contributed by atoms with Gasteiger partial charge in [-0.15, -0.1) is 6.42 Å². The predicted octanol–water partition coefficient (Wildman–Crippen LogP) is 5.90. The largest absolute Gasteiger partial charge is 0.260 e. The van der Waals surface area contributed by atoms with E-state index in [1.165, 1.54) is 21.9 Å². The number of allylic oxidation sites excluding steroid dienone is 1. The summed E-state index contributed by atoms with van der Waals surface area (Å²) in [5.74, 6) is 3.26. The number of rotatable bonds is 4. The maximum atomic E-state index is 5.57. The van der Waals surface area contributed by atoms with Gasteiger partial charge in [-0.3, -0.25) is 4.98 Å². The Hall–Kier alpha value is -2.85. The van der Waals surface area contributed by atoms with Crippen LogP contribution in [-0.2, 0) is 6.42 Å². The van der Waals surface area contributed by atoms with E-state index < -0.39 is 0 Å². The van der Waals surface area contributed by atoms with Crippen molar-refractivity contribution >= 4 is 16.8 Å². The summed E-state index contributed by atoms with van der Waals surface area (Å²) in [6, 6.07) is 14.7. The maximum Gasteiger partial charge on any atom is 0.0522 e. The van der Waals surface area contributed by atoms with Crippen LogP contribution in [0.1, 0.15) is 47.7 Å². The molecular weight excluding hydrogens is 302 g/mol. The summed E-state index contributed by atoms with van der Waals surface area (Å²) < 4.78 is 0. The van der Waals surface area contributed by atoms with Crippen molar-refractivity contribution in [1.29, 1.82) is 0 Å². The van der Waals surface area contributed by atoms with Crippen molar-refractivity contribution in [3.05, 3.63) is 82.7 Å². The van der Waals surface area contributed by atoms with Crippen molar-refractivity contribution in [3.63, 3.8) is 0 Å². The molecule has 124 valence electrons. The first kappa shape index (κ1) is 17.0. The Labute approximate surface area is 150 Å². The lowest BCUT2D eigenvalue weighted by atomic mass is 9.94. The zero-order chi connectivity index (χ0) is 17.8. The maximum absolute atomic E-state index is 5.57. The molecule has 1 aromatic heterocycles. The van der Waals surface area contributed by atoms with Gasteiger partial charge in [-0.05, 0) is 47.1 Å². The van der Waals surface area contributed by atoms with Gasteiger partial charge in [-0.1, -0.05) is 62.3 Å². The van der Waals surface area contributed by atoms with Gasteiger partial charge in [0.05, 0.1) is 5.69 Å². The number of hydrogen-bond acceptors (Lipinski definition) is 1. The zero-order valence-electron chi connectivity index (χ0n) is 15.1. The number of hydrogen-bond donors (Lipinski definition) is 0. The molecule has 3 aromatic rings. The van der Waals surface area contributed by atoms with E-state index >= 15 is 0 Å². The van der Waals surface area contributed by atoms with Crippen LogP contribution < -0.4 is 0 Å². The predicted molar refractivity (Wildman–Crippen MR) is 108 cm³/mol. The fourth-order valence-electron chi connectivity index (χ4n) is 3.20. The highest BCUT2D eigenvalue weighted by Gasteiger charge is 2.08. The van der Waals surface area contributed by atoms with E-state index in [4.69, 9.17) is 6.42 Å². The zero-order valence-corrected chi connectivity index (χ0v) is 15.1. The number of pyridine rings is 1. The lowest BCUT2D eigenvalue weighted by Crippen LogP contribution is -1.95. The second-order valence-corrected chi connectivity index (χ2v) is 6.69. The van der Waals surface area contributed by atoms with E-state index in [0.29, 0.717) is 5.92 Å². The number of aryl methyl sites for hydroxylation is 1. The minimum Gasteiger partial charge on any atom is -0.260 e. The standard InChI is InChI=1S/C24H23N/c1-5-19-9-6-7-10-20(19)11-8-12-23-24-18(4)15-22(17(2)3)16-21(24)13-14-25-23/h1,6-11,13-17H,12H2,2-4H3/b11-8-. The van der Waals surface area contributed by atoms with Crippen LogP contribution in [0, 0.1) is 19.3 Å². The molecule has 0 aliphatic carbocycles. The van der Waals surface area contributed by atoms with Gasteiger partial charge >= 0.3 is 0 Å². The van der Waals surface area contributed by atoms with Gasteiger partial charge < -0.3 is 0 Å². The van der Waals surface area contributed by atoms with Crippen LogP contribution in [0.5, 0.6) is 0 Å². The molecule has 0 bridgehead atoms. The van der Waals surface area contributed by atoms with Crippen LogP contribution in [-0.4, -0.2) is 4.98 Å². The quantitative estimate of drug-likeness (QED) is 0.544. The van der Waals surface area contributed by atoms with Crippen LogP contribution in [0.3, 0.4) is 0 Å². The molecule has 3 rings (SSSR count). The summed E-state index contributed by atoms with van der Waals surface area (Å²) in [4.78, 5) is 4.62. The summed E-state index contributed by atoms with van der Waals surface area (Å²) in [5.41, 5.74) is 5.77. The molecule has 0 aliphatic heterocycles. The molecule has 1 nitrogen and oxygen atoms in total. The van der Waals surface area contributed by atoms with Gasteiger partial charge in [0.1, 0.15) is 0 Å². The van der Waals surface area contributed by atoms with Crippen LogP contribution in [0.2, 0.25) is 0 Å². The highest BCUT2D eigenvalue weighted by molar-refractivity contribution is 5.88. The third-order valence-corrected chi connectivity index (χ3v) is 4.55. The van der Waals surface area contributed by atoms with Crippen molar-refractivity contribution in [2.45, 2.75) is 33.1 Å². The van der Waals surface area contributed by atoms with Crippen LogP contribution in [0.25, 0.3) is 16.8 Å². The third kappa shape index (κ3) is 3.64. The summed E-state index contributed by atoms with van der Waals surface area (Å²) >= 11 is 0. The molecule has 0 atom stereocenters. The van der Waals surface area contributed by atoms with Crippen LogP contribution in [0.4, 0.5) is 0 Å². The first-order chi connectivity index (χ1) is 12.1. The Morgan fingerprint density at radius 2 is 1.96 bits per heavy atom. The van der Waals surface area contributed by atoms with E-state index in [-0.39, 0.29) is 0 Å². The van der Waals surface area contributed by atoms with Gasteiger partial charge in [-0.25, -0.2) is 0 Å². The highest BCUT2D eigenvalue weighted by Crippen LogP contribution is 2.27. The first-order valence-corrected chi connectivity index (χ1v) is 8.70. The summed E-state index contributed by atoms with van der Waals surface area (Å²) in [7, 11) is 0. The third-order valence-electron chi connectivity index (χ3n) is 4.55. The molecule has 2 aromatic carbocycles. The summed E-state index contributed by atoms with van der Waals surface area (Å²) in [6.07, 6.45) is 12.5. The molecule has 0 amide bonds. The SMILES string of the molecule is C#Cc1ccccc1/C=C\Cc1nccc2cc(C(C)C)cc(C)c12. The fraction of sp³-hybridized carbons (Fsp3) is 0.208. The smallest absolute Gasteiger partial charge is 0.0522 e. The van der Waals surface area contributed by atoms with Crippen molar-refractivity contribution in [2.75, 3.05) is 0 Å². The van der Waals surface area contributed by atoms with Crippen molar-refractivity contribution in [1.82, 2.24) is 4.98 Å². The number of benzene rings is 2. The molecule has 0 saturated carbocycles. The number of terminal acetylenes is 1. The second kappa shape index (κ2) is 7.36. The molecule has 0 N–H and O–H groups in total. The number of aromatic nitrogens is 1. The highest BCUT2D eigenvalue weighted by atomic mass is 14.7. The second-order valence-electron chi connectivity index (χ2n) is 6.69. The van der Waals surface area contributed by atoms with Gasteiger partial charge in [0.25, 0.3) is 0 Å². The van der Waals surface area contributed by atoms with E-state index in [1.54, 1.807) is 0 Å². The Balaban J connectivity index is 1.94. The van der Waals surface area contributed by atoms with Crippen LogP contribution >= 0.6 is 0 Å². The normalized spacial score (nSPS) is 11.3. The topological polar surface area (TPSA) is 12.9 Å². The number of fused-ring (bicyclic) bond motifs is 1. The minimum absolute atomic E-state index is 0.528. The van der Waals surface area contributed by atoms with Gasteiger partial charge in [0.15, 0.2) is 0 Å². The van der Waals surface area contributed by atoms with Gasteiger partial charge in [0.2, 0.25) is 0 Å². The molecule has 0 unspecified atom stereocenters. The summed E-state index contributed by atoms with van der Waals surface area (Å²) in [5, 5.41) is 2.54. The average molecular weight is 325 g/mol. The van der Waals surface area contributed by atoms with E-state index in [9.17, 15) is 0 Å².